The first-order valence-electron chi connectivity index (χ1n) is 5.37. The minimum atomic E-state index is -1.08. The summed E-state index contributed by atoms with van der Waals surface area (Å²) in [5.41, 5.74) is 5.74. The van der Waals surface area contributed by atoms with Crippen LogP contribution in [0.5, 0.6) is 5.75 Å². The van der Waals surface area contributed by atoms with E-state index in [4.69, 9.17) is 15.6 Å². The third-order valence-corrected chi connectivity index (χ3v) is 2.34. The van der Waals surface area contributed by atoms with Gasteiger partial charge in [0.25, 0.3) is 0 Å². The lowest BCUT2D eigenvalue weighted by molar-refractivity contribution is -0.129. The van der Waals surface area contributed by atoms with Gasteiger partial charge in [0.15, 0.2) is 0 Å². The number of hydrogen-bond donors (Lipinski definition) is 2. The number of aromatic carboxylic acids is 1. The Balaban J connectivity index is 2.57. The third-order valence-electron chi connectivity index (χ3n) is 2.34. The SMILES string of the molecule is CN(C)C(=O)CCOc1ccc(C(=O)O)c(N)c1. The number of ether oxygens (including phenoxy) is 1. The number of carboxylic acids is 1. The molecule has 1 aromatic carbocycles. The van der Waals surface area contributed by atoms with Crippen molar-refractivity contribution in [1.29, 1.82) is 0 Å². The van der Waals surface area contributed by atoms with Gasteiger partial charge in [-0.05, 0) is 12.1 Å². The molecule has 0 atom stereocenters. The zero-order valence-electron chi connectivity index (χ0n) is 10.3. The Morgan fingerprint density at radius 1 is 1.39 bits per heavy atom. The van der Waals surface area contributed by atoms with Crippen molar-refractivity contribution in [3.05, 3.63) is 23.8 Å². The van der Waals surface area contributed by atoms with Crippen LogP contribution in [-0.4, -0.2) is 42.6 Å². The van der Waals surface area contributed by atoms with E-state index in [1.54, 1.807) is 14.1 Å². The van der Waals surface area contributed by atoms with Crippen molar-refractivity contribution >= 4 is 17.6 Å². The molecular formula is C12H16N2O4. The number of nitrogen functional groups attached to an aromatic ring is 1. The molecular weight excluding hydrogens is 236 g/mol. The quantitative estimate of drug-likeness (QED) is 0.757. The zero-order valence-corrected chi connectivity index (χ0v) is 10.3. The lowest BCUT2D eigenvalue weighted by Gasteiger charge is -2.11. The van der Waals surface area contributed by atoms with Gasteiger partial charge in [0, 0.05) is 25.8 Å². The average molecular weight is 252 g/mol. The zero-order chi connectivity index (χ0) is 13.7. The van der Waals surface area contributed by atoms with Crippen LogP contribution >= 0.6 is 0 Å². The Labute approximate surface area is 105 Å². The van der Waals surface area contributed by atoms with E-state index in [0.717, 1.165) is 0 Å². The summed E-state index contributed by atoms with van der Waals surface area (Å²) in [7, 11) is 3.34. The lowest BCUT2D eigenvalue weighted by atomic mass is 10.2. The monoisotopic (exact) mass is 252 g/mol. The third kappa shape index (κ3) is 3.65. The summed E-state index contributed by atoms with van der Waals surface area (Å²) in [5.74, 6) is -0.670. The Kier molecular flexibility index (Phi) is 4.53. The first kappa shape index (κ1) is 13.8. The highest BCUT2D eigenvalue weighted by Crippen LogP contribution is 2.20. The van der Waals surface area contributed by atoms with Crippen LogP contribution in [0.25, 0.3) is 0 Å². The van der Waals surface area contributed by atoms with Crippen molar-refractivity contribution in [3.8, 4) is 5.75 Å². The molecule has 18 heavy (non-hydrogen) atoms. The summed E-state index contributed by atoms with van der Waals surface area (Å²) in [4.78, 5) is 23.5. The number of nitrogens with zero attached hydrogens (tertiary/aromatic N) is 1. The standard InChI is InChI=1S/C12H16N2O4/c1-14(2)11(15)5-6-18-8-3-4-9(12(16)17)10(13)7-8/h3-4,7H,5-6,13H2,1-2H3,(H,16,17). The highest BCUT2D eigenvalue weighted by atomic mass is 16.5. The molecule has 0 radical (unpaired) electrons. The summed E-state index contributed by atoms with van der Waals surface area (Å²) < 4.78 is 5.32. The molecule has 0 saturated heterocycles. The van der Waals surface area contributed by atoms with Crippen LogP contribution in [-0.2, 0) is 4.79 Å². The number of nitrogens with two attached hydrogens (primary N) is 1. The molecule has 0 aliphatic carbocycles. The molecule has 6 nitrogen and oxygen atoms in total. The van der Waals surface area contributed by atoms with E-state index in [-0.39, 0.29) is 30.2 Å². The highest BCUT2D eigenvalue weighted by molar-refractivity contribution is 5.93. The summed E-state index contributed by atoms with van der Waals surface area (Å²) >= 11 is 0. The van der Waals surface area contributed by atoms with E-state index in [1.165, 1.54) is 23.1 Å². The van der Waals surface area contributed by atoms with Gasteiger partial charge in [0.05, 0.1) is 18.6 Å². The Morgan fingerprint density at radius 2 is 2.06 bits per heavy atom. The Hall–Kier alpha value is -2.24. The van der Waals surface area contributed by atoms with Gasteiger partial charge in [-0.2, -0.15) is 0 Å². The maximum atomic E-state index is 11.3. The summed E-state index contributed by atoms with van der Waals surface area (Å²) in [6, 6.07) is 4.32. The van der Waals surface area contributed by atoms with Gasteiger partial charge >= 0.3 is 5.97 Å². The predicted octanol–water partition coefficient (Wildman–Crippen LogP) is 0.824. The van der Waals surface area contributed by atoms with Crippen LogP contribution < -0.4 is 10.5 Å². The van der Waals surface area contributed by atoms with Crippen molar-refractivity contribution in [1.82, 2.24) is 4.90 Å². The summed E-state index contributed by atoms with van der Waals surface area (Å²) in [6.45, 7) is 0.225. The van der Waals surface area contributed by atoms with Crippen molar-refractivity contribution in [2.45, 2.75) is 6.42 Å². The number of benzene rings is 1. The molecule has 0 fully saturated rings. The lowest BCUT2D eigenvalue weighted by Crippen LogP contribution is -2.23. The van der Waals surface area contributed by atoms with E-state index in [2.05, 4.69) is 0 Å². The van der Waals surface area contributed by atoms with Crippen molar-refractivity contribution < 1.29 is 19.4 Å². The second-order valence-corrected chi connectivity index (χ2v) is 3.94. The van der Waals surface area contributed by atoms with Gasteiger partial charge in [-0.15, -0.1) is 0 Å². The van der Waals surface area contributed by atoms with Gasteiger partial charge in [0.1, 0.15) is 5.75 Å². The van der Waals surface area contributed by atoms with E-state index < -0.39 is 5.97 Å². The number of carbonyl (C=O) groups excluding carboxylic acids is 1. The first-order chi connectivity index (χ1) is 8.41. The van der Waals surface area contributed by atoms with Crippen LogP contribution in [0.1, 0.15) is 16.8 Å². The van der Waals surface area contributed by atoms with Gasteiger partial charge in [-0.1, -0.05) is 0 Å². The number of rotatable bonds is 5. The van der Waals surface area contributed by atoms with Gasteiger partial charge < -0.3 is 20.5 Å². The molecule has 0 aromatic heterocycles. The normalized spacial score (nSPS) is 9.89. The number of carbonyl (C=O) groups is 2. The van der Waals surface area contributed by atoms with E-state index in [9.17, 15) is 9.59 Å². The maximum absolute atomic E-state index is 11.3. The van der Waals surface area contributed by atoms with Gasteiger partial charge in [-0.3, -0.25) is 4.79 Å². The number of carboxylic acid groups (broad SMARTS) is 1. The topological polar surface area (TPSA) is 92.9 Å². The molecule has 0 aliphatic heterocycles. The van der Waals surface area contributed by atoms with Crippen LogP contribution in [0.2, 0.25) is 0 Å². The minimum Gasteiger partial charge on any atom is -0.493 e. The molecule has 0 saturated carbocycles. The van der Waals surface area contributed by atoms with Crippen molar-refractivity contribution in [2.75, 3.05) is 26.4 Å². The molecule has 6 heteroatoms. The summed E-state index contributed by atoms with van der Waals surface area (Å²) in [6.07, 6.45) is 0.258. The molecule has 0 spiro atoms. The van der Waals surface area contributed by atoms with E-state index in [1.807, 2.05) is 0 Å². The highest BCUT2D eigenvalue weighted by Gasteiger charge is 2.09. The largest absolute Gasteiger partial charge is 0.493 e. The molecule has 0 aliphatic rings. The number of anilines is 1. The Bertz CT molecular complexity index is 457. The van der Waals surface area contributed by atoms with Crippen LogP contribution in [0.15, 0.2) is 18.2 Å². The van der Waals surface area contributed by atoms with Gasteiger partial charge in [0.2, 0.25) is 5.91 Å². The molecule has 0 bridgehead atoms. The number of amides is 1. The summed E-state index contributed by atoms with van der Waals surface area (Å²) in [5, 5.41) is 8.80. The fourth-order valence-corrected chi connectivity index (χ4v) is 1.31. The van der Waals surface area contributed by atoms with Crippen LogP contribution in [0.4, 0.5) is 5.69 Å². The molecule has 1 rings (SSSR count). The molecule has 98 valence electrons. The van der Waals surface area contributed by atoms with Crippen LogP contribution in [0.3, 0.4) is 0 Å². The van der Waals surface area contributed by atoms with Crippen molar-refractivity contribution in [3.63, 3.8) is 0 Å². The molecule has 1 aromatic rings. The first-order valence-corrected chi connectivity index (χ1v) is 5.37. The number of hydrogen-bond acceptors (Lipinski definition) is 4. The fraction of sp³-hybridized carbons (Fsp3) is 0.333. The molecule has 3 N–H and O–H groups in total. The van der Waals surface area contributed by atoms with Crippen LogP contribution in [0, 0.1) is 0 Å². The van der Waals surface area contributed by atoms with Crippen molar-refractivity contribution in [2.24, 2.45) is 0 Å². The minimum absolute atomic E-state index is 0.0340. The smallest absolute Gasteiger partial charge is 0.337 e. The average Bonchev–Trinajstić information content (AvgIpc) is 2.28. The second-order valence-electron chi connectivity index (χ2n) is 3.94. The van der Waals surface area contributed by atoms with Gasteiger partial charge in [-0.25, -0.2) is 4.79 Å². The molecule has 0 heterocycles. The predicted molar refractivity (Wildman–Crippen MR) is 66.6 cm³/mol. The van der Waals surface area contributed by atoms with E-state index >= 15 is 0 Å². The fourth-order valence-electron chi connectivity index (χ4n) is 1.31. The maximum Gasteiger partial charge on any atom is 0.337 e. The van der Waals surface area contributed by atoms with E-state index in [0.29, 0.717) is 5.75 Å². The molecule has 0 unspecified atom stereocenters. The molecule has 1 amide bonds. The Morgan fingerprint density at radius 3 is 2.56 bits per heavy atom. The second kappa shape index (κ2) is 5.90.